The van der Waals surface area contributed by atoms with E-state index in [1.807, 2.05) is 18.2 Å². The average molecular weight is 280 g/mol. The van der Waals surface area contributed by atoms with Crippen LogP contribution in [0, 0.1) is 0 Å². The molecule has 0 aliphatic carbocycles. The molecule has 2 rings (SSSR count). The van der Waals surface area contributed by atoms with Crippen molar-refractivity contribution in [2.24, 2.45) is 5.73 Å². The van der Waals surface area contributed by atoms with Crippen molar-refractivity contribution in [2.45, 2.75) is 18.8 Å². The molecule has 20 heavy (non-hydrogen) atoms. The summed E-state index contributed by atoms with van der Waals surface area (Å²) in [5.74, 6) is -0.229. The maximum atomic E-state index is 11.9. The van der Waals surface area contributed by atoms with Crippen LogP contribution in [0.2, 0.25) is 0 Å². The number of nitrogens with two attached hydrogens (primary N) is 1. The minimum atomic E-state index is -0.586. The monoisotopic (exact) mass is 280 g/mol. The van der Waals surface area contributed by atoms with E-state index in [4.69, 9.17) is 19.9 Å². The number of hydrogen-bond donors (Lipinski definition) is 2. The fourth-order valence-corrected chi connectivity index (χ4v) is 1.92. The van der Waals surface area contributed by atoms with Gasteiger partial charge in [0.15, 0.2) is 6.29 Å². The number of carbonyl (C=O) groups excluding carboxylic acids is 1. The van der Waals surface area contributed by atoms with Crippen LogP contribution in [0.3, 0.4) is 0 Å². The normalized spacial score (nSPS) is 17.1. The molecule has 1 aliphatic rings. The average Bonchev–Trinajstić information content (AvgIpc) is 2.99. The Hall–Kier alpha value is -1.47. The van der Waals surface area contributed by atoms with E-state index in [1.165, 1.54) is 0 Å². The number of amides is 1. The Balaban J connectivity index is 1.95. The standard InChI is InChI=1S/C14H20N2O4/c1-18-6-5-12(15)13(17)16-11-4-2-3-10(9-11)14-19-7-8-20-14/h2-4,9,12,14H,5-8,15H2,1H3,(H,16,17). The molecule has 0 radical (unpaired) electrons. The minimum absolute atomic E-state index is 0.229. The lowest BCUT2D eigenvalue weighted by molar-refractivity contribution is -0.117. The molecule has 1 amide bonds. The van der Waals surface area contributed by atoms with Gasteiger partial charge in [-0.15, -0.1) is 0 Å². The second-order valence-electron chi connectivity index (χ2n) is 4.58. The van der Waals surface area contributed by atoms with Gasteiger partial charge in [-0.25, -0.2) is 0 Å². The zero-order valence-electron chi connectivity index (χ0n) is 11.5. The topological polar surface area (TPSA) is 82.8 Å². The molecule has 0 spiro atoms. The van der Waals surface area contributed by atoms with Crippen LogP contribution in [-0.4, -0.2) is 38.9 Å². The van der Waals surface area contributed by atoms with Crippen molar-refractivity contribution in [3.8, 4) is 0 Å². The first-order valence-electron chi connectivity index (χ1n) is 6.59. The fourth-order valence-electron chi connectivity index (χ4n) is 1.92. The number of benzene rings is 1. The van der Waals surface area contributed by atoms with Crippen molar-refractivity contribution in [3.63, 3.8) is 0 Å². The van der Waals surface area contributed by atoms with Gasteiger partial charge < -0.3 is 25.3 Å². The van der Waals surface area contributed by atoms with E-state index in [0.717, 1.165) is 5.56 Å². The third-order valence-electron chi connectivity index (χ3n) is 3.02. The Bertz CT molecular complexity index is 447. The molecule has 6 heteroatoms. The van der Waals surface area contributed by atoms with Crippen LogP contribution >= 0.6 is 0 Å². The summed E-state index contributed by atoms with van der Waals surface area (Å²) in [5, 5.41) is 2.78. The Labute approximate surface area is 118 Å². The molecule has 0 aromatic heterocycles. The molecule has 3 N–H and O–H groups in total. The van der Waals surface area contributed by atoms with E-state index in [9.17, 15) is 4.79 Å². The third-order valence-corrected chi connectivity index (χ3v) is 3.02. The molecule has 6 nitrogen and oxygen atoms in total. The maximum absolute atomic E-state index is 11.9. The van der Waals surface area contributed by atoms with E-state index >= 15 is 0 Å². The van der Waals surface area contributed by atoms with Gasteiger partial charge in [0.1, 0.15) is 0 Å². The van der Waals surface area contributed by atoms with Gasteiger partial charge >= 0.3 is 0 Å². The summed E-state index contributed by atoms with van der Waals surface area (Å²) in [7, 11) is 1.58. The van der Waals surface area contributed by atoms with Crippen molar-refractivity contribution < 1.29 is 19.0 Å². The van der Waals surface area contributed by atoms with Gasteiger partial charge in [0.05, 0.1) is 19.3 Å². The smallest absolute Gasteiger partial charge is 0.241 e. The maximum Gasteiger partial charge on any atom is 0.241 e. The SMILES string of the molecule is COCCC(N)C(=O)Nc1cccc(C2OCCO2)c1. The highest BCUT2D eigenvalue weighted by atomic mass is 16.7. The summed E-state index contributed by atoms with van der Waals surface area (Å²) in [6.45, 7) is 1.63. The van der Waals surface area contributed by atoms with Gasteiger partial charge in [-0.3, -0.25) is 4.79 Å². The Kier molecular flexibility index (Phi) is 5.49. The van der Waals surface area contributed by atoms with Gasteiger partial charge in [0.25, 0.3) is 0 Å². The van der Waals surface area contributed by atoms with Crippen molar-refractivity contribution in [3.05, 3.63) is 29.8 Å². The van der Waals surface area contributed by atoms with Crippen molar-refractivity contribution >= 4 is 11.6 Å². The Morgan fingerprint density at radius 1 is 1.50 bits per heavy atom. The summed E-state index contributed by atoms with van der Waals surface area (Å²) < 4.78 is 15.8. The highest BCUT2D eigenvalue weighted by Gasteiger charge is 2.19. The molecule has 1 atom stereocenters. The van der Waals surface area contributed by atoms with E-state index in [0.29, 0.717) is 31.9 Å². The highest BCUT2D eigenvalue weighted by molar-refractivity contribution is 5.94. The number of ether oxygens (including phenoxy) is 3. The number of anilines is 1. The molecule has 0 bridgehead atoms. The van der Waals surface area contributed by atoms with Gasteiger partial charge in [-0.05, 0) is 18.6 Å². The number of rotatable bonds is 6. The van der Waals surface area contributed by atoms with Crippen LogP contribution < -0.4 is 11.1 Å². The molecule has 1 fully saturated rings. The summed E-state index contributed by atoms with van der Waals surface area (Å²) in [5.41, 5.74) is 7.33. The zero-order chi connectivity index (χ0) is 14.4. The van der Waals surface area contributed by atoms with Crippen molar-refractivity contribution in [1.82, 2.24) is 0 Å². The van der Waals surface area contributed by atoms with Crippen LogP contribution in [0.4, 0.5) is 5.69 Å². The van der Waals surface area contributed by atoms with E-state index in [-0.39, 0.29) is 12.2 Å². The molecule has 1 aromatic carbocycles. The number of carbonyl (C=O) groups is 1. The summed E-state index contributed by atoms with van der Waals surface area (Å²) in [6, 6.07) is 6.79. The lowest BCUT2D eigenvalue weighted by atomic mass is 10.1. The quantitative estimate of drug-likeness (QED) is 0.813. The molecule has 1 saturated heterocycles. The summed E-state index contributed by atoms with van der Waals surface area (Å²) >= 11 is 0. The Morgan fingerprint density at radius 3 is 2.95 bits per heavy atom. The van der Waals surface area contributed by atoms with Crippen molar-refractivity contribution in [2.75, 3.05) is 32.2 Å². The van der Waals surface area contributed by atoms with Gasteiger partial charge in [-0.2, -0.15) is 0 Å². The molecule has 0 saturated carbocycles. The van der Waals surface area contributed by atoms with Crippen LogP contribution in [0.25, 0.3) is 0 Å². The van der Waals surface area contributed by atoms with Crippen LogP contribution in [0.15, 0.2) is 24.3 Å². The van der Waals surface area contributed by atoms with E-state index < -0.39 is 6.04 Å². The molecule has 1 unspecified atom stereocenters. The minimum Gasteiger partial charge on any atom is -0.385 e. The number of hydrogen-bond acceptors (Lipinski definition) is 5. The third kappa shape index (κ3) is 4.01. The van der Waals surface area contributed by atoms with Gasteiger partial charge in [-0.1, -0.05) is 12.1 Å². The first kappa shape index (κ1) is 14.9. The first-order chi connectivity index (χ1) is 9.70. The Morgan fingerprint density at radius 2 is 2.25 bits per heavy atom. The van der Waals surface area contributed by atoms with Crippen molar-refractivity contribution in [1.29, 1.82) is 0 Å². The molecule has 1 aliphatic heterocycles. The molecular weight excluding hydrogens is 260 g/mol. The van der Waals surface area contributed by atoms with E-state index in [1.54, 1.807) is 13.2 Å². The van der Waals surface area contributed by atoms with Crippen LogP contribution in [0.5, 0.6) is 0 Å². The molecule has 110 valence electrons. The molecular formula is C14H20N2O4. The zero-order valence-corrected chi connectivity index (χ0v) is 11.5. The second kappa shape index (κ2) is 7.35. The van der Waals surface area contributed by atoms with Crippen LogP contribution in [0.1, 0.15) is 18.3 Å². The van der Waals surface area contributed by atoms with Gasteiger partial charge in [0, 0.05) is 25.0 Å². The van der Waals surface area contributed by atoms with E-state index in [2.05, 4.69) is 5.32 Å². The lowest BCUT2D eigenvalue weighted by Crippen LogP contribution is -2.36. The highest BCUT2D eigenvalue weighted by Crippen LogP contribution is 2.25. The second-order valence-corrected chi connectivity index (χ2v) is 4.58. The first-order valence-corrected chi connectivity index (χ1v) is 6.59. The molecule has 1 heterocycles. The largest absolute Gasteiger partial charge is 0.385 e. The fraction of sp³-hybridized carbons (Fsp3) is 0.500. The van der Waals surface area contributed by atoms with Crippen LogP contribution in [-0.2, 0) is 19.0 Å². The number of nitrogens with one attached hydrogen (secondary N) is 1. The predicted molar refractivity (Wildman–Crippen MR) is 74.2 cm³/mol. The molecule has 1 aromatic rings. The predicted octanol–water partition coefficient (Wildman–Crippen LogP) is 1.03. The summed E-state index contributed by atoms with van der Waals surface area (Å²) in [4.78, 5) is 11.9. The number of methoxy groups -OCH3 is 1. The summed E-state index contributed by atoms with van der Waals surface area (Å²) in [6.07, 6.45) is 0.130. The van der Waals surface area contributed by atoms with Gasteiger partial charge in [0.2, 0.25) is 5.91 Å². The lowest BCUT2D eigenvalue weighted by Gasteiger charge is -2.14.